The molecule has 0 aliphatic rings. The summed E-state index contributed by atoms with van der Waals surface area (Å²) in [5.74, 6) is -1.55. The van der Waals surface area contributed by atoms with Crippen LogP contribution in [0.4, 0.5) is 0 Å². The number of hydrogen-bond acceptors (Lipinski definition) is 6. The van der Waals surface area contributed by atoms with Crippen molar-refractivity contribution in [2.75, 3.05) is 13.2 Å². The number of carbonyl (C=O) groups excluding carboxylic acids is 2. The summed E-state index contributed by atoms with van der Waals surface area (Å²) in [7, 11) is -4.55. The average molecular weight is 523 g/mol. The molecule has 0 aromatic heterocycles. The van der Waals surface area contributed by atoms with Gasteiger partial charge < -0.3 is 9.47 Å². The Morgan fingerprint density at radius 1 is 0.722 bits per heavy atom. The van der Waals surface area contributed by atoms with E-state index in [1.165, 1.54) is 6.07 Å². The van der Waals surface area contributed by atoms with Gasteiger partial charge in [0, 0.05) is 0 Å². The summed E-state index contributed by atoms with van der Waals surface area (Å²) in [5, 5.41) is 0. The lowest BCUT2D eigenvalue weighted by Gasteiger charge is -2.11. The van der Waals surface area contributed by atoms with Crippen molar-refractivity contribution in [2.45, 2.75) is 95.8 Å². The topological polar surface area (TPSA) is 107 Å². The third-order valence-electron chi connectivity index (χ3n) is 5.53. The van der Waals surface area contributed by atoms with E-state index in [0.29, 0.717) is 12.8 Å². The Morgan fingerprint density at radius 3 is 1.67 bits per heavy atom. The molecule has 0 unspecified atom stereocenters. The zero-order chi connectivity index (χ0) is 26.7. The van der Waals surface area contributed by atoms with Crippen molar-refractivity contribution < 1.29 is 32.0 Å². The number of ether oxygens (including phenoxy) is 2. The Morgan fingerprint density at radius 2 is 1.19 bits per heavy atom. The van der Waals surface area contributed by atoms with Gasteiger partial charge in [0.2, 0.25) is 0 Å². The number of allylic oxidation sites excluding steroid dienone is 4. The Kier molecular flexibility index (Phi) is 16.5. The van der Waals surface area contributed by atoms with E-state index in [1.54, 1.807) is 0 Å². The Bertz CT molecular complexity index is 949. The van der Waals surface area contributed by atoms with Gasteiger partial charge in [-0.1, -0.05) is 63.8 Å². The van der Waals surface area contributed by atoms with Crippen molar-refractivity contribution in [1.82, 2.24) is 0 Å². The first-order valence-electron chi connectivity index (χ1n) is 13.1. The third-order valence-corrected chi connectivity index (χ3v) is 6.38. The van der Waals surface area contributed by atoms with E-state index in [1.807, 2.05) is 0 Å². The second-order valence-electron chi connectivity index (χ2n) is 8.62. The fourth-order valence-corrected chi connectivity index (χ4v) is 4.03. The molecule has 0 aliphatic carbocycles. The van der Waals surface area contributed by atoms with Crippen LogP contribution in [-0.2, 0) is 19.6 Å². The molecule has 0 fully saturated rings. The SMILES string of the molecule is CC/C=C/CCCCCCOC(=O)c1ccc(S(=O)(=O)O)cc1C(=O)OCCCCCC/C=C/CC. The standard InChI is InChI=1S/C28H42O7S/c1-3-5-7-9-11-13-15-17-21-34-27(29)25-20-19-24(36(31,32)33)23-26(25)28(30)35-22-18-16-14-12-10-8-6-4-2/h5-8,19-20,23H,3-4,9-18,21-22H2,1-2H3,(H,31,32,33)/b7-5+,8-6+. The number of rotatable bonds is 19. The number of esters is 2. The number of hydrogen-bond donors (Lipinski definition) is 1. The molecule has 1 aromatic carbocycles. The first kappa shape index (κ1) is 31.6. The van der Waals surface area contributed by atoms with Gasteiger partial charge in [-0.15, -0.1) is 0 Å². The number of carbonyl (C=O) groups is 2. The first-order chi connectivity index (χ1) is 17.3. The molecule has 0 aliphatic heterocycles. The van der Waals surface area contributed by atoms with Gasteiger partial charge in [-0.3, -0.25) is 4.55 Å². The van der Waals surface area contributed by atoms with E-state index in [9.17, 15) is 22.6 Å². The molecule has 8 heteroatoms. The minimum atomic E-state index is -4.55. The predicted molar refractivity (Wildman–Crippen MR) is 142 cm³/mol. The molecule has 1 aromatic rings. The van der Waals surface area contributed by atoms with E-state index in [0.717, 1.165) is 76.3 Å². The van der Waals surface area contributed by atoms with Crippen molar-refractivity contribution in [3.8, 4) is 0 Å². The maximum absolute atomic E-state index is 12.7. The number of benzene rings is 1. The molecule has 0 atom stereocenters. The molecule has 7 nitrogen and oxygen atoms in total. The third kappa shape index (κ3) is 13.6. The molecule has 0 saturated heterocycles. The van der Waals surface area contributed by atoms with Gasteiger partial charge in [0.25, 0.3) is 10.1 Å². The predicted octanol–water partition coefficient (Wildman–Crippen LogP) is 7.08. The van der Waals surface area contributed by atoms with E-state index < -0.39 is 27.0 Å². The monoisotopic (exact) mass is 522 g/mol. The lowest BCUT2D eigenvalue weighted by atomic mass is 10.1. The fraction of sp³-hybridized carbons (Fsp3) is 0.571. The molecule has 36 heavy (non-hydrogen) atoms. The van der Waals surface area contributed by atoms with E-state index >= 15 is 0 Å². The second kappa shape index (κ2) is 18.8. The normalized spacial score (nSPS) is 11.9. The summed E-state index contributed by atoms with van der Waals surface area (Å²) in [6, 6.07) is 3.20. The van der Waals surface area contributed by atoms with Crippen molar-refractivity contribution in [1.29, 1.82) is 0 Å². The Hall–Kier alpha value is -2.45. The van der Waals surface area contributed by atoms with Crippen LogP contribution in [0.25, 0.3) is 0 Å². The largest absolute Gasteiger partial charge is 0.462 e. The Labute approximate surface area is 216 Å². The highest BCUT2D eigenvalue weighted by molar-refractivity contribution is 7.85. The van der Waals surface area contributed by atoms with Crippen LogP contribution < -0.4 is 0 Å². The summed E-state index contributed by atoms with van der Waals surface area (Å²) in [4.78, 5) is 24.8. The zero-order valence-corrected chi connectivity index (χ0v) is 22.6. The molecular formula is C28H42O7S. The quantitative estimate of drug-likeness (QED) is 0.0895. The van der Waals surface area contributed by atoms with Gasteiger partial charge in [-0.25, -0.2) is 9.59 Å². The van der Waals surface area contributed by atoms with Crippen molar-refractivity contribution in [3.05, 3.63) is 53.6 Å². The molecule has 0 heterocycles. The van der Waals surface area contributed by atoms with Crippen LogP contribution in [0.5, 0.6) is 0 Å². The highest BCUT2D eigenvalue weighted by atomic mass is 32.2. The fourth-order valence-electron chi connectivity index (χ4n) is 3.52. The van der Waals surface area contributed by atoms with Crippen LogP contribution in [0.2, 0.25) is 0 Å². The van der Waals surface area contributed by atoms with Gasteiger partial charge in [-0.2, -0.15) is 8.42 Å². The lowest BCUT2D eigenvalue weighted by molar-refractivity contribution is 0.0450. The van der Waals surface area contributed by atoms with Gasteiger partial charge in [0.1, 0.15) is 0 Å². The maximum atomic E-state index is 12.7. The highest BCUT2D eigenvalue weighted by Gasteiger charge is 2.23. The molecule has 0 saturated carbocycles. The van der Waals surface area contributed by atoms with Crippen LogP contribution in [0.15, 0.2) is 47.4 Å². The summed E-state index contributed by atoms with van der Waals surface area (Å²) in [5.41, 5.74) is -0.317. The van der Waals surface area contributed by atoms with Crippen LogP contribution in [0.1, 0.15) is 112 Å². The summed E-state index contributed by atoms with van der Waals surface area (Å²) >= 11 is 0. The van der Waals surface area contributed by atoms with E-state index in [4.69, 9.17) is 9.47 Å². The lowest BCUT2D eigenvalue weighted by Crippen LogP contribution is -2.16. The highest BCUT2D eigenvalue weighted by Crippen LogP contribution is 2.19. The summed E-state index contributed by atoms with van der Waals surface area (Å²) in [6.07, 6.45) is 20.1. The van der Waals surface area contributed by atoms with Gasteiger partial charge in [-0.05, 0) is 69.6 Å². The van der Waals surface area contributed by atoms with Crippen molar-refractivity contribution in [2.24, 2.45) is 0 Å². The minimum absolute atomic E-state index is 0.0835. The Balaban J connectivity index is 2.60. The van der Waals surface area contributed by atoms with E-state index in [2.05, 4.69) is 38.2 Å². The molecular weight excluding hydrogens is 480 g/mol. The second-order valence-corrected chi connectivity index (χ2v) is 10.0. The molecule has 0 spiro atoms. The van der Waals surface area contributed by atoms with Crippen LogP contribution in [0.3, 0.4) is 0 Å². The maximum Gasteiger partial charge on any atom is 0.339 e. The summed E-state index contributed by atoms with van der Waals surface area (Å²) < 4.78 is 43.1. The van der Waals surface area contributed by atoms with Gasteiger partial charge >= 0.3 is 11.9 Å². The first-order valence-corrected chi connectivity index (χ1v) is 14.5. The van der Waals surface area contributed by atoms with Crippen LogP contribution >= 0.6 is 0 Å². The molecule has 0 bridgehead atoms. The van der Waals surface area contributed by atoms with Crippen molar-refractivity contribution in [3.63, 3.8) is 0 Å². The van der Waals surface area contributed by atoms with Gasteiger partial charge in [0.05, 0.1) is 29.2 Å². The van der Waals surface area contributed by atoms with Crippen molar-refractivity contribution >= 4 is 22.1 Å². The molecule has 0 amide bonds. The smallest absolute Gasteiger partial charge is 0.339 e. The van der Waals surface area contributed by atoms with E-state index in [-0.39, 0.29) is 24.3 Å². The molecule has 202 valence electrons. The minimum Gasteiger partial charge on any atom is -0.462 e. The average Bonchev–Trinajstić information content (AvgIpc) is 2.85. The molecule has 1 rings (SSSR count). The molecule has 1 N–H and O–H groups in total. The van der Waals surface area contributed by atoms with Gasteiger partial charge in [0.15, 0.2) is 0 Å². The summed E-state index contributed by atoms with van der Waals surface area (Å²) in [6.45, 7) is 4.55. The zero-order valence-electron chi connectivity index (χ0n) is 21.7. The van der Waals surface area contributed by atoms with Crippen LogP contribution in [0, 0.1) is 0 Å². The molecule has 0 radical (unpaired) electrons. The number of unbranched alkanes of at least 4 members (excludes halogenated alkanes) is 8. The van der Waals surface area contributed by atoms with Crippen LogP contribution in [-0.4, -0.2) is 38.1 Å².